The van der Waals surface area contributed by atoms with E-state index >= 15 is 0 Å². The van der Waals surface area contributed by atoms with Crippen molar-refractivity contribution in [3.8, 4) is 0 Å². The molecule has 4 nitrogen and oxygen atoms in total. The van der Waals surface area contributed by atoms with E-state index < -0.39 is 0 Å². The standard InChI is InChI=1S/C8H19N3O/c1-2-8(12)11-6-7(10)4-3-5-9/h7H,2-6,9-10H2,1H3,(H,11,12)/t7-/m0/s1. The van der Waals surface area contributed by atoms with Crippen LogP contribution in [0.1, 0.15) is 26.2 Å². The maximum absolute atomic E-state index is 10.8. The van der Waals surface area contributed by atoms with Crippen LogP contribution in [0.2, 0.25) is 0 Å². The molecule has 0 spiro atoms. The molecule has 0 rings (SSSR count). The van der Waals surface area contributed by atoms with Crippen molar-refractivity contribution in [2.24, 2.45) is 11.5 Å². The molecule has 0 saturated carbocycles. The molecular weight excluding hydrogens is 154 g/mol. The fourth-order valence-corrected chi connectivity index (χ4v) is 0.852. The van der Waals surface area contributed by atoms with E-state index in [1.807, 2.05) is 6.92 Å². The monoisotopic (exact) mass is 173 g/mol. The van der Waals surface area contributed by atoms with E-state index in [1.54, 1.807) is 0 Å². The third kappa shape index (κ3) is 6.12. The minimum absolute atomic E-state index is 0.0454. The van der Waals surface area contributed by atoms with Gasteiger partial charge in [-0.15, -0.1) is 0 Å². The molecule has 0 aliphatic rings. The molecule has 1 atom stereocenters. The smallest absolute Gasteiger partial charge is 0.219 e. The number of nitrogens with two attached hydrogens (primary N) is 2. The second kappa shape index (κ2) is 7.06. The summed E-state index contributed by atoms with van der Waals surface area (Å²) in [6.07, 6.45) is 2.31. The van der Waals surface area contributed by atoms with Gasteiger partial charge in [-0.25, -0.2) is 0 Å². The average Bonchev–Trinajstić information content (AvgIpc) is 2.10. The molecule has 12 heavy (non-hydrogen) atoms. The molecule has 0 aromatic rings. The molecule has 0 heterocycles. The van der Waals surface area contributed by atoms with Crippen LogP contribution >= 0.6 is 0 Å². The normalized spacial score (nSPS) is 12.6. The third-order valence-corrected chi connectivity index (χ3v) is 1.66. The number of carbonyl (C=O) groups is 1. The summed E-state index contributed by atoms with van der Waals surface area (Å²) in [5.74, 6) is 0.0539. The quantitative estimate of drug-likeness (QED) is 0.510. The van der Waals surface area contributed by atoms with E-state index in [1.165, 1.54) is 0 Å². The summed E-state index contributed by atoms with van der Waals surface area (Å²) in [4.78, 5) is 10.8. The number of nitrogens with one attached hydrogen (secondary N) is 1. The summed E-state index contributed by atoms with van der Waals surface area (Å²) in [5, 5.41) is 2.74. The summed E-state index contributed by atoms with van der Waals surface area (Å²) in [6.45, 7) is 3.04. The molecule has 0 radical (unpaired) electrons. The van der Waals surface area contributed by atoms with Crippen molar-refractivity contribution in [1.29, 1.82) is 0 Å². The third-order valence-electron chi connectivity index (χ3n) is 1.66. The number of amides is 1. The van der Waals surface area contributed by atoms with Gasteiger partial charge in [0.15, 0.2) is 0 Å². The van der Waals surface area contributed by atoms with Gasteiger partial charge in [-0.2, -0.15) is 0 Å². The predicted molar refractivity (Wildman–Crippen MR) is 49.6 cm³/mol. The number of carbonyl (C=O) groups excluding carboxylic acids is 1. The van der Waals surface area contributed by atoms with E-state index in [0.29, 0.717) is 19.5 Å². The van der Waals surface area contributed by atoms with Gasteiger partial charge in [-0.3, -0.25) is 4.79 Å². The summed E-state index contributed by atoms with van der Waals surface area (Å²) >= 11 is 0. The highest BCUT2D eigenvalue weighted by molar-refractivity contribution is 5.75. The molecule has 0 aliphatic heterocycles. The van der Waals surface area contributed by atoms with Crippen LogP contribution in [0, 0.1) is 0 Å². The lowest BCUT2D eigenvalue weighted by atomic mass is 10.1. The van der Waals surface area contributed by atoms with Crippen molar-refractivity contribution in [3.63, 3.8) is 0 Å². The van der Waals surface area contributed by atoms with Gasteiger partial charge >= 0.3 is 0 Å². The first kappa shape index (κ1) is 11.4. The second-order valence-electron chi connectivity index (χ2n) is 2.85. The Morgan fingerprint density at radius 1 is 1.58 bits per heavy atom. The van der Waals surface area contributed by atoms with E-state index in [0.717, 1.165) is 12.8 Å². The molecule has 5 N–H and O–H groups in total. The van der Waals surface area contributed by atoms with Gasteiger partial charge < -0.3 is 16.8 Å². The zero-order valence-corrected chi connectivity index (χ0v) is 7.68. The van der Waals surface area contributed by atoms with E-state index in [-0.39, 0.29) is 11.9 Å². The largest absolute Gasteiger partial charge is 0.355 e. The van der Waals surface area contributed by atoms with Gasteiger partial charge in [0.25, 0.3) is 0 Å². The van der Waals surface area contributed by atoms with Crippen LogP contribution in [0.25, 0.3) is 0 Å². The van der Waals surface area contributed by atoms with Gasteiger partial charge in [0, 0.05) is 19.0 Å². The minimum atomic E-state index is 0.0454. The minimum Gasteiger partial charge on any atom is -0.355 e. The topological polar surface area (TPSA) is 81.1 Å². The van der Waals surface area contributed by atoms with Crippen LogP contribution in [-0.2, 0) is 4.79 Å². The second-order valence-corrected chi connectivity index (χ2v) is 2.85. The van der Waals surface area contributed by atoms with Crippen LogP contribution < -0.4 is 16.8 Å². The molecule has 0 bridgehead atoms. The van der Waals surface area contributed by atoms with Gasteiger partial charge in [-0.05, 0) is 19.4 Å². The van der Waals surface area contributed by atoms with Gasteiger partial charge in [0.2, 0.25) is 5.91 Å². The van der Waals surface area contributed by atoms with Crippen LogP contribution in [-0.4, -0.2) is 25.0 Å². The molecular formula is C8H19N3O. The maximum Gasteiger partial charge on any atom is 0.219 e. The lowest BCUT2D eigenvalue weighted by Gasteiger charge is -2.11. The Hall–Kier alpha value is -0.610. The van der Waals surface area contributed by atoms with Crippen LogP contribution in [0.15, 0.2) is 0 Å². The van der Waals surface area contributed by atoms with E-state index in [9.17, 15) is 4.79 Å². The van der Waals surface area contributed by atoms with Crippen molar-refractivity contribution in [2.45, 2.75) is 32.2 Å². The summed E-state index contributed by atoms with van der Waals surface area (Å²) < 4.78 is 0. The zero-order valence-electron chi connectivity index (χ0n) is 7.68. The van der Waals surface area contributed by atoms with Gasteiger partial charge in [0.05, 0.1) is 0 Å². The predicted octanol–water partition coefficient (Wildman–Crippen LogP) is -0.421. The van der Waals surface area contributed by atoms with Crippen molar-refractivity contribution in [2.75, 3.05) is 13.1 Å². The molecule has 0 aromatic carbocycles. The van der Waals surface area contributed by atoms with Crippen LogP contribution in [0.4, 0.5) is 0 Å². The highest BCUT2D eigenvalue weighted by Gasteiger charge is 2.02. The fourth-order valence-electron chi connectivity index (χ4n) is 0.852. The Labute approximate surface area is 73.7 Å². The highest BCUT2D eigenvalue weighted by atomic mass is 16.1. The van der Waals surface area contributed by atoms with Crippen molar-refractivity contribution >= 4 is 5.91 Å². The van der Waals surface area contributed by atoms with Gasteiger partial charge in [-0.1, -0.05) is 6.92 Å². The van der Waals surface area contributed by atoms with Crippen molar-refractivity contribution in [1.82, 2.24) is 5.32 Å². The number of rotatable bonds is 6. The van der Waals surface area contributed by atoms with E-state index in [4.69, 9.17) is 11.5 Å². The first-order valence-electron chi connectivity index (χ1n) is 4.43. The SMILES string of the molecule is CCC(=O)NC[C@@H](N)CCCN. The highest BCUT2D eigenvalue weighted by Crippen LogP contribution is 1.90. The summed E-state index contributed by atoms with van der Waals surface area (Å²) in [5.41, 5.74) is 11.0. The lowest BCUT2D eigenvalue weighted by molar-refractivity contribution is -0.120. The molecule has 0 aromatic heterocycles. The molecule has 72 valence electrons. The Morgan fingerprint density at radius 3 is 2.75 bits per heavy atom. The Bertz CT molecular complexity index is 127. The number of hydrogen-bond donors (Lipinski definition) is 3. The first-order chi connectivity index (χ1) is 5.70. The average molecular weight is 173 g/mol. The maximum atomic E-state index is 10.8. The molecule has 4 heteroatoms. The van der Waals surface area contributed by atoms with Gasteiger partial charge in [0.1, 0.15) is 0 Å². The lowest BCUT2D eigenvalue weighted by Crippen LogP contribution is -2.37. The summed E-state index contributed by atoms with van der Waals surface area (Å²) in [6, 6.07) is 0.0454. The fraction of sp³-hybridized carbons (Fsp3) is 0.875. The zero-order chi connectivity index (χ0) is 9.40. The molecule has 1 amide bonds. The van der Waals surface area contributed by atoms with Crippen molar-refractivity contribution in [3.05, 3.63) is 0 Å². The molecule has 0 unspecified atom stereocenters. The Kier molecular flexibility index (Phi) is 6.70. The summed E-state index contributed by atoms with van der Waals surface area (Å²) in [7, 11) is 0. The Morgan fingerprint density at radius 2 is 2.25 bits per heavy atom. The molecule has 0 aliphatic carbocycles. The van der Waals surface area contributed by atoms with Crippen LogP contribution in [0.3, 0.4) is 0 Å². The first-order valence-corrected chi connectivity index (χ1v) is 4.43. The molecule has 0 fully saturated rings. The van der Waals surface area contributed by atoms with E-state index in [2.05, 4.69) is 5.32 Å². The molecule has 0 saturated heterocycles. The Balaban J connectivity index is 3.30. The number of hydrogen-bond acceptors (Lipinski definition) is 3. The van der Waals surface area contributed by atoms with Crippen molar-refractivity contribution < 1.29 is 4.79 Å². The van der Waals surface area contributed by atoms with Crippen LogP contribution in [0.5, 0.6) is 0 Å².